The van der Waals surface area contributed by atoms with Gasteiger partial charge in [-0.2, -0.15) is 5.26 Å². The average molecular weight is 154 g/mol. The molecule has 0 aromatic heterocycles. The zero-order valence-electron chi connectivity index (χ0n) is 2.28. The normalized spacial score (nSPS) is 13.0. The molecule has 0 aromatic carbocycles. The molecule has 1 atom stereocenters. The standard InChI is InChI=1S/C2HBrClN/c3-2(4)1-5/h2H/t2-/m0/s1. The van der Waals surface area contributed by atoms with Gasteiger partial charge in [0.25, 0.3) is 0 Å². The Labute approximate surface area is 43.7 Å². The summed E-state index contributed by atoms with van der Waals surface area (Å²) in [5, 5.41) is 7.71. The van der Waals surface area contributed by atoms with Gasteiger partial charge in [0.15, 0.2) is 4.29 Å². The predicted octanol–water partition coefficient (Wildman–Crippen LogP) is 1.47. The Bertz CT molecular complexity index is 55.2. The number of nitriles is 1. The molecule has 0 saturated carbocycles. The van der Waals surface area contributed by atoms with Gasteiger partial charge < -0.3 is 0 Å². The minimum Gasteiger partial charge on any atom is -0.196 e. The third kappa shape index (κ3) is 4.26. The number of hydrogen-bond acceptors (Lipinski definition) is 1. The molecule has 0 amide bonds. The van der Waals surface area contributed by atoms with Crippen LogP contribution in [0.5, 0.6) is 0 Å². The van der Waals surface area contributed by atoms with E-state index < -0.39 is 4.29 Å². The van der Waals surface area contributed by atoms with Gasteiger partial charge in [-0.3, -0.25) is 0 Å². The highest BCUT2D eigenvalue weighted by Gasteiger charge is 1.85. The van der Waals surface area contributed by atoms with E-state index in [0.29, 0.717) is 0 Å². The summed E-state index contributed by atoms with van der Waals surface area (Å²) in [7, 11) is 0. The predicted molar refractivity (Wildman–Crippen MR) is 24.2 cm³/mol. The van der Waals surface area contributed by atoms with Gasteiger partial charge in [-0.25, -0.2) is 0 Å². The fourth-order valence-corrected chi connectivity index (χ4v) is 0. The summed E-state index contributed by atoms with van der Waals surface area (Å²) in [5.74, 6) is 0. The Morgan fingerprint density at radius 2 is 2.20 bits per heavy atom. The molecule has 1 nitrogen and oxygen atoms in total. The van der Waals surface area contributed by atoms with Crippen LogP contribution >= 0.6 is 27.5 Å². The molecule has 0 unspecified atom stereocenters. The molecule has 5 heavy (non-hydrogen) atoms. The summed E-state index contributed by atoms with van der Waals surface area (Å²) < 4.78 is -0.525. The molecule has 0 rings (SSSR count). The van der Waals surface area contributed by atoms with E-state index >= 15 is 0 Å². The summed E-state index contributed by atoms with van der Waals surface area (Å²) in [6.07, 6.45) is 0. The van der Waals surface area contributed by atoms with Crippen molar-refractivity contribution < 1.29 is 0 Å². The lowest BCUT2D eigenvalue weighted by atomic mass is 10.9. The van der Waals surface area contributed by atoms with Crippen LogP contribution in [0.3, 0.4) is 0 Å². The third-order valence-corrected chi connectivity index (χ3v) is 0.400. The topological polar surface area (TPSA) is 23.8 Å². The summed E-state index contributed by atoms with van der Waals surface area (Å²) in [4.78, 5) is 0. The van der Waals surface area contributed by atoms with Crippen molar-refractivity contribution in [2.24, 2.45) is 0 Å². The second-order valence-electron chi connectivity index (χ2n) is 0.430. The lowest BCUT2D eigenvalue weighted by Gasteiger charge is -1.70. The van der Waals surface area contributed by atoms with Crippen molar-refractivity contribution >= 4 is 27.5 Å². The number of alkyl halides is 2. The molecule has 0 radical (unpaired) electrons. The first-order chi connectivity index (χ1) is 2.27. The smallest absolute Gasteiger partial charge is 0.174 e. The van der Waals surface area contributed by atoms with Gasteiger partial charge in [0.05, 0.1) is 6.07 Å². The first-order valence-electron chi connectivity index (χ1n) is 0.949. The molecule has 0 N–H and O–H groups in total. The van der Waals surface area contributed by atoms with Crippen LogP contribution in [0.15, 0.2) is 0 Å². The Morgan fingerprint density at radius 1 is 2.00 bits per heavy atom. The number of hydrogen-bond donors (Lipinski definition) is 0. The van der Waals surface area contributed by atoms with Crippen LogP contribution in [0.1, 0.15) is 0 Å². The highest BCUT2D eigenvalue weighted by Crippen LogP contribution is 1.99. The van der Waals surface area contributed by atoms with Gasteiger partial charge >= 0.3 is 0 Å². The molecule has 0 heterocycles. The average Bonchev–Trinajstić information content (AvgIpc) is 1.38. The van der Waals surface area contributed by atoms with Crippen molar-refractivity contribution in [2.45, 2.75) is 4.29 Å². The van der Waals surface area contributed by atoms with Gasteiger partial charge in [-0.05, 0) is 0 Å². The Morgan fingerprint density at radius 3 is 2.20 bits per heavy atom. The first kappa shape index (κ1) is 5.26. The molecule has 0 aliphatic heterocycles. The number of nitrogens with zero attached hydrogens (tertiary/aromatic N) is 1. The second kappa shape index (κ2) is 2.49. The van der Waals surface area contributed by atoms with E-state index in [9.17, 15) is 0 Å². The minimum absolute atomic E-state index is 0.525. The van der Waals surface area contributed by atoms with E-state index in [1.165, 1.54) is 0 Å². The van der Waals surface area contributed by atoms with E-state index in [1.54, 1.807) is 6.07 Å². The SMILES string of the molecule is N#C[C@H](Cl)Br. The number of halogens is 2. The van der Waals surface area contributed by atoms with Crippen molar-refractivity contribution in [1.29, 1.82) is 5.26 Å². The summed E-state index contributed by atoms with van der Waals surface area (Å²) >= 11 is 7.80. The van der Waals surface area contributed by atoms with Crippen LogP contribution in [0.25, 0.3) is 0 Å². The van der Waals surface area contributed by atoms with Crippen LogP contribution in [-0.4, -0.2) is 4.29 Å². The van der Waals surface area contributed by atoms with Gasteiger partial charge in [-0.1, -0.05) is 27.5 Å². The lowest BCUT2D eigenvalue weighted by molar-refractivity contribution is 1.47. The third-order valence-electron chi connectivity index (χ3n) is 0.0976. The summed E-state index contributed by atoms with van der Waals surface area (Å²) in [5.41, 5.74) is 0. The molecule has 0 aliphatic rings. The molecular weight excluding hydrogens is 153 g/mol. The zero-order chi connectivity index (χ0) is 4.28. The lowest BCUT2D eigenvalue weighted by Crippen LogP contribution is -1.69. The molecule has 0 spiro atoms. The van der Waals surface area contributed by atoms with Crippen molar-refractivity contribution in [1.82, 2.24) is 0 Å². The van der Waals surface area contributed by atoms with E-state index in [0.717, 1.165) is 0 Å². The summed E-state index contributed by atoms with van der Waals surface area (Å²) in [6, 6.07) is 1.71. The fourth-order valence-electron chi connectivity index (χ4n) is 0. The molecular formula is C2HBrClN. The van der Waals surface area contributed by atoms with Gasteiger partial charge in [0.2, 0.25) is 0 Å². The van der Waals surface area contributed by atoms with Crippen LogP contribution in [-0.2, 0) is 0 Å². The molecule has 0 aliphatic carbocycles. The van der Waals surface area contributed by atoms with Gasteiger partial charge in [0, 0.05) is 0 Å². The largest absolute Gasteiger partial charge is 0.196 e. The molecule has 28 valence electrons. The van der Waals surface area contributed by atoms with Gasteiger partial charge in [-0.15, -0.1) is 0 Å². The maximum Gasteiger partial charge on any atom is 0.174 e. The van der Waals surface area contributed by atoms with Crippen LogP contribution < -0.4 is 0 Å². The molecule has 0 bridgehead atoms. The van der Waals surface area contributed by atoms with Crippen molar-refractivity contribution in [3.63, 3.8) is 0 Å². The van der Waals surface area contributed by atoms with Crippen molar-refractivity contribution in [2.75, 3.05) is 0 Å². The number of rotatable bonds is 0. The molecule has 0 fully saturated rings. The quantitative estimate of drug-likeness (QED) is 0.485. The minimum atomic E-state index is -0.525. The molecule has 0 aromatic rings. The maximum absolute atomic E-state index is 7.71. The highest BCUT2D eigenvalue weighted by molar-refractivity contribution is 9.10. The van der Waals surface area contributed by atoms with E-state index in [1.807, 2.05) is 0 Å². The molecule has 0 saturated heterocycles. The first-order valence-corrected chi connectivity index (χ1v) is 2.30. The van der Waals surface area contributed by atoms with Crippen LogP contribution in [0, 0.1) is 11.3 Å². The van der Waals surface area contributed by atoms with Crippen LogP contribution in [0.4, 0.5) is 0 Å². The fraction of sp³-hybridized carbons (Fsp3) is 0.500. The van der Waals surface area contributed by atoms with Gasteiger partial charge in [0.1, 0.15) is 0 Å². The van der Waals surface area contributed by atoms with Crippen molar-refractivity contribution in [3.8, 4) is 6.07 Å². The van der Waals surface area contributed by atoms with E-state index in [4.69, 9.17) is 16.9 Å². The maximum atomic E-state index is 7.71. The second-order valence-corrected chi connectivity index (χ2v) is 2.31. The van der Waals surface area contributed by atoms with Crippen molar-refractivity contribution in [3.05, 3.63) is 0 Å². The summed E-state index contributed by atoms with van der Waals surface area (Å²) in [6.45, 7) is 0. The molecule has 3 heteroatoms. The monoisotopic (exact) mass is 153 g/mol. The Kier molecular flexibility index (Phi) is 2.62. The Hall–Kier alpha value is 0.260. The highest BCUT2D eigenvalue weighted by atomic mass is 79.9. The van der Waals surface area contributed by atoms with E-state index in [2.05, 4.69) is 15.9 Å². The van der Waals surface area contributed by atoms with E-state index in [-0.39, 0.29) is 0 Å². The van der Waals surface area contributed by atoms with Crippen LogP contribution in [0.2, 0.25) is 0 Å². The zero-order valence-corrected chi connectivity index (χ0v) is 4.62. The Balaban J connectivity index is 2.94.